The molecule has 1 aliphatic heterocycles. The fourth-order valence-electron chi connectivity index (χ4n) is 9.57. The van der Waals surface area contributed by atoms with Crippen LogP contribution in [0.2, 0.25) is 5.82 Å². The fourth-order valence-corrected chi connectivity index (χ4v) is 9.57. The zero-order valence-corrected chi connectivity index (χ0v) is 36.7. The van der Waals surface area contributed by atoms with E-state index in [0.29, 0.717) is 23.8 Å². The summed E-state index contributed by atoms with van der Waals surface area (Å²) in [7, 11) is -0.494. The minimum Gasteiger partial charge on any atom is -0.405 e. The van der Waals surface area contributed by atoms with Gasteiger partial charge < -0.3 is 31.4 Å². The van der Waals surface area contributed by atoms with Gasteiger partial charge in [-0.3, -0.25) is 24.0 Å². The smallest absolute Gasteiger partial charge is 0.405 e. The van der Waals surface area contributed by atoms with Crippen molar-refractivity contribution in [3.05, 3.63) is 59.7 Å². The molecule has 4 fully saturated rings. The van der Waals surface area contributed by atoms with Gasteiger partial charge in [-0.15, -0.1) is 0 Å². The van der Waals surface area contributed by atoms with Crippen LogP contribution >= 0.6 is 0 Å². The predicted octanol–water partition coefficient (Wildman–Crippen LogP) is 6.49. The maximum absolute atomic E-state index is 13.8. The number of amides is 2. The Morgan fingerprint density at radius 3 is 1.98 bits per heavy atom. The van der Waals surface area contributed by atoms with Crippen molar-refractivity contribution in [1.82, 2.24) is 10.6 Å². The Labute approximate surface area is 352 Å². The molecule has 4 aliphatic rings. The van der Waals surface area contributed by atoms with Crippen molar-refractivity contribution in [3.8, 4) is 11.1 Å². The summed E-state index contributed by atoms with van der Waals surface area (Å²) in [6, 6.07) is 13.9. The van der Waals surface area contributed by atoms with Crippen molar-refractivity contribution in [1.29, 1.82) is 0 Å². The van der Waals surface area contributed by atoms with Gasteiger partial charge in [0.05, 0.1) is 29.7 Å². The highest BCUT2D eigenvalue weighted by atomic mass is 16.7. The van der Waals surface area contributed by atoms with Crippen LogP contribution in [0.5, 0.6) is 0 Å². The van der Waals surface area contributed by atoms with Crippen molar-refractivity contribution in [2.24, 2.45) is 46.5 Å². The van der Waals surface area contributed by atoms with Crippen molar-refractivity contribution >= 4 is 36.3 Å². The van der Waals surface area contributed by atoms with Crippen molar-refractivity contribution in [3.63, 3.8) is 0 Å². The second-order valence-electron chi connectivity index (χ2n) is 19.0. The van der Waals surface area contributed by atoms with Crippen LogP contribution in [0.3, 0.4) is 0 Å². The standard InChI is InChI=1S/C47H69BN4O7/c1-9-10-11-31-12-14-32(15-13-31)33-16-18-34(19-17-33)39(53)23-35(26-49)45(57)52-38(27-50)40(54)21-29(4)44(56)51-37(20-28(2)3)41(55)22-30(5)48-58-43-25-36-24-42(46(36,6)7)47(43,8)59-48/h12-19,28-30,35-38,42-43H,9-11,20-27,49-50H2,1-8H3,(H,51,56)(H,52,57)/t29-,30-,35+,36+,37+,38+,42+,43?,47+/m1/s1. The summed E-state index contributed by atoms with van der Waals surface area (Å²) in [6.07, 6.45) is 5.76. The van der Waals surface area contributed by atoms with E-state index in [2.05, 4.69) is 62.6 Å². The molecular formula is C47H69BN4O7. The summed E-state index contributed by atoms with van der Waals surface area (Å²) in [5, 5.41) is 5.60. The second-order valence-corrected chi connectivity index (χ2v) is 19.0. The van der Waals surface area contributed by atoms with Crippen LogP contribution in [-0.2, 0) is 34.9 Å². The van der Waals surface area contributed by atoms with Gasteiger partial charge in [-0.05, 0) is 84.7 Å². The van der Waals surface area contributed by atoms with Crippen LogP contribution in [0, 0.1) is 35.0 Å². The number of nitrogens with one attached hydrogen (secondary N) is 2. The number of aryl methyl sites for hydroxylation is 1. The van der Waals surface area contributed by atoms with Gasteiger partial charge in [0.2, 0.25) is 11.8 Å². The van der Waals surface area contributed by atoms with Gasteiger partial charge in [-0.2, -0.15) is 0 Å². The molecule has 322 valence electrons. The summed E-state index contributed by atoms with van der Waals surface area (Å²) in [6.45, 7) is 16.2. The summed E-state index contributed by atoms with van der Waals surface area (Å²) in [5.74, 6) is -2.46. The van der Waals surface area contributed by atoms with Crippen LogP contribution in [0.1, 0.15) is 123 Å². The molecule has 3 saturated carbocycles. The number of hydrogen-bond donors (Lipinski definition) is 4. The van der Waals surface area contributed by atoms with E-state index in [4.69, 9.17) is 20.8 Å². The van der Waals surface area contributed by atoms with Crippen molar-refractivity contribution in [2.75, 3.05) is 13.1 Å². The van der Waals surface area contributed by atoms with Gasteiger partial charge in [0, 0.05) is 43.8 Å². The molecule has 59 heavy (non-hydrogen) atoms. The van der Waals surface area contributed by atoms with Crippen LogP contribution in [0.25, 0.3) is 11.1 Å². The second kappa shape index (κ2) is 19.8. The maximum Gasteiger partial charge on any atom is 0.461 e. The molecule has 2 aromatic carbocycles. The fraction of sp³-hybridized carbons (Fsp3) is 0.638. The highest BCUT2D eigenvalue weighted by Crippen LogP contribution is 2.66. The van der Waals surface area contributed by atoms with Crippen LogP contribution in [0.4, 0.5) is 0 Å². The van der Waals surface area contributed by atoms with Crippen molar-refractivity contribution in [2.45, 2.75) is 143 Å². The Kier molecular flexibility index (Phi) is 15.5. The Bertz CT molecular complexity index is 1800. The Morgan fingerprint density at radius 2 is 1.41 bits per heavy atom. The van der Waals surface area contributed by atoms with Crippen molar-refractivity contribution < 1.29 is 33.3 Å². The number of hydrogen-bond acceptors (Lipinski definition) is 9. The van der Waals surface area contributed by atoms with E-state index in [1.165, 1.54) is 5.56 Å². The summed E-state index contributed by atoms with van der Waals surface area (Å²) < 4.78 is 13.0. The average Bonchev–Trinajstić information content (AvgIpc) is 3.58. The largest absolute Gasteiger partial charge is 0.461 e. The molecule has 2 bridgehead atoms. The molecular weight excluding hydrogens is 743 g/mol. The van der Waals surface area contributed by atoms with E-state index in [-0.39, 0.29) is 72.8 Å². The van der Waals surface area contributed by atoms with E-state index < -0.39 is 48.6 Å². The molecule has 1 heterocycles. The topological polar surface area (TPSA) is 180 Å². The number of carbonyl (C=O) groups is 5. The van der Waals surface area contributed by atoms with Crippen LogP contribution in [0.15, 0.2) is 48.5 Å². The minimum absolute atomic E-state index is 0.0183. The monoisotopic (exact) mass is 813 g/mol. The lowest BCUT2D eigenvalue weighted by molar-refractivity contribution is -0.199. The highest BCUT2D eigenvalue weighted by molar-refractivity contribution is 6.47. The molecule has 9 atom stereocenters. The molecule has 3 aliphatic carbocycles. The molecule has 1 saturated heterocycles. The average molecular weight is 813 g/mol. The predicted molar refractivity (Wildman–Crippen MR) is 232 cm³/mol. The molecule has 2 amide bonds. The van der Waals surface area contributed by atoms with E-state index in [9.17, 15) is 24.0 Å². The molecule has 12 heteroatoms. The van der Waals surface area contributed by atoms with Gasteiger partial charge in [0.1, 0.15) is 0 Å². The molecule has 0 radical (unpaired) electrons. The van der Waals surface area contributed by atoms with E-state index in [0.717, 1.165) is 43.2 Å². The number of rotatable bonds is 22. The number of ketones is 3. The Hall–Kier alpha value is -3.71. The summed E-state index contributed by atoms with van der Waals surface area (Å²) in [5.41, 5.74) is 15.5. The van der Waals surface area contributed by atoms with Crippen LogP contribution in [-0.4, -0.2) is 73.2 Å². The molecule has 2 aromatic rings. The highest BCUT2D eigenvalue weighted by Gasteiger charge is 2.68. The van der Waals surface area contributed by atoms with E-state index >= 15 is 0 Å². The zero-order valence-electron chi connectivity index (χ0n) is 36.7. The molecule has 0 aromatic heterocycles. The van der Waals surface area contributed by atoms with Crippen LogP contribution < -0.4 is 22.1 Å². The molecule has 6 N–H and O–H groups in total. The van der Waals surface area contributed by atoms with E-state index in [1.54, 1.807) is 19.1 Å². The van der Waals surface area contributed by atoms with Gasteiger partial charge in [-0.1, -0.05) is 103 Å². The number of Topliss-reactive ketones (excluding diaryl/α,β-unsaturated/α-hetero) is 3. The number of unbranched alkanes of at least 4 members (excludes halogenated alkanes) is 1. The third kappa shape index (κ3) is 10.8. The molecule has 6 rings (SSSR count). The normalized spacial score (nSPS) is 24.3. The third-order valence-electron chi connectivity index (χ3n) is 13.7. The van der Waals surface area contributed by atoms with E-state index in [1.807, 2.05) is 32.9 Å². The lowest BCUT2D eigenvalue weighted by Crippen LogP contribution is -2.65. The first-order valence-electron chi connectivity index (χ1n) is 22.0. The summed E-state index contributed by atoms with van der Waals surface area (Å²) in [4.78, 5) is 67.2. The molecule has 11 nitrogen and oxygen atoms in total. The first-order chi connectivity index (χ1) is 27.9. The zero-order chi connectivity index (χ0) is 43.2. The number of carbonyl (C=O) groups excluding carboxylic acids is 5. The van der Waals surface area contributed by atoms with Gasteiger partial charge in [0.25, 0.3) is 0 Å². The quantitative estimate of drug-likeness (QED) is 0.0764. The number of benzene rings is 2. The van der Waals surface area contributed by atoms with Gasteiger partial charge in [-0.25, -0.2) is 0 Å². The first-order valence-corrected chi connectivity index (χ1v) is 22.0. The lowest BCUT2D eigenvalue weighted by Gasteiger charge is -2.64. The molecule has 0 spiro atoms. The SMILES string of the molecule is CCCCc1ccc(-c2ccc(C(=O)C[C@@H](CN)C(=O)N[C@@H](CN)C(=O)C[C@@H](C)C(=O)N[C@@H](CC(C)C)C(=O)C[C@@H](C)B3OC4C[C@@H]5C[C@@H](C5(C)C)[C@]4(C)O3)cc2)cc1. The Balaban J connectivity index is 1.10. The minimum atomic E-state index is -1.07. The number of nitrogens with two attached hydrogens (primary N) is 2. The van der Waals surface area contributed by atoms with Gasteiger partial charge >= 0.3 is 7.12 Å². The third-order valence-corrected chi connectivity index (χ3v) is 13.7. The molecule has 1 unspecified atom stereocenters. The maximum atomic E-state index is 13.8. The Morgan fingerprint density at radius 1 is 0.797 bits per heavy atom. The summed E-state index contributed by atoms with van der Waals surface area (Å²) >= 11 is 0. The first kappa shape index (κ1) is 46.4. The van der Waals surface area contributed by atoms with Gasteiger partial charge in [0.15, 0.2) is 17.3 Å². The lowest BCUT2D eigenvalue weighted by atomic mass is 9.43.